The van der Waals surface area contributed by atoms with Gasteiger partial charge in [0.1, 0.15) is 5.82 Å². The summed E-state index contributed by atoms with van der Waals surface area (Å²) < 4.78 is 13.1. The molecule has 1 N–H and O–H groups in total. The third kappa shape index (κ3) is 2.47. The average Bonchev–Trinajstić information content (AvgIpc) is 2.27. The number of nitrogens with zero attached hydrogens (tertiary/aromatic N) is 1. The van der Waals surface area contributed by atoms with Gasteiger partial charge in [0, 0.05) is 25.2 Å². The van der Waals surface area contributed by atoms with Crippen LogP contribution < -0.4 is 5.32 Å². The van der Waals surface area contributed by atoms with Gasteiger partial charge in [-0.05, 0) is 32.0 Å². The van der Waals surface area contributed by atoms with Gasteiger partial charge >= 0.3 is 0 Å². The van der Waals surface area contributed by atoms with Crippen LogP contribution in [0.5, 0.6) is 0 Å². The van der Waals surface area contributed by atoms with Crippen LogP contribution in [0.1, 0.15) is 24.2 Å². The molecule has 0 aliphatic carbocycles. The maximum Gasteiger partial charge on any atom is 0.254 e. The first-order valence-corrected chi connectivity index (χ1v) is 5.79. The zero-order valence-electron chi connectivity index (χ0n) is 10.2. The zero-order valence-corrected chi connectivity index (χ0v) is 10.2. The predicted octanol–water partition coefficient (Wildman–Crippen LogP) is 1.65. The van der Waals surface area contributed by atoms with Crippen molar-refractivity contribution in [2.24, 2.45) is 0 Å². The van der Waals surface area contributed by atoms with E-state index in [1.165, 1.54) is 12.1 Å². The van der Waals surface area contributed by atoms with Gasteiger partial charge in [0.15, 0.2) is 0 Å². The lowest BCUT2D eigenvalue weighted by Crippen LogP contribution is -2.59. The Morgan fingerprint density at radius 3 is 2.88 bits per heavy atom. The van der Waals surface area contributed by atoms with E-state index in [-0.39, 0.29) is 17.3 Å². The SMILES string of the molecule is CC1(C)CNCCN1C(=O)c1cccc(F)c1. The first-order valence-electron chi connectivity index (χ1n) is 5.79. The second kappa shape index (κ2) is 4.45. The van der Waals surface area contributed by atoms with Crippen LogP contribution in [0.3, 0.4) is 0 Å². The number of rotatable bonds is 1. The lowest BCUT2D eigenvalue weighted by Gasteiger charge is -2.42. The van der Waals surface area contributed by atoms with Gasteiger partial charge in [-0.3, -0.25) is 4.79 Å². The van der Waals surface area contributed by atoms with Gasteiger partial charge in [0.05, 0.1) is 5.54 Å². The summed E-state index contributed by atoms with van der Waals surface area (Å²) in [6.07, 6.45) is 0. The normalized spacial score (nSPS) is 19.1. The van der Waals surface area contributed by atoms with Crippen LogP contribution in [0, 0.1) is 5.82 Å². The number of amides is 1. The monoisotopic (exact) mass is 236 g/mol. The Balaban J connectivity index is 2.25. The molecule has 1 aromatic carbocycles. The fraction of sp³-hybridized carbons (Fsp3) is 0.462. The Labute approximate surface area is 101 Å². The lowest BCUT2D eigenvalue weighted by molar-refractivity contribution is 0.0477. The summed E-state index contributed by atoms with van der Waals surface area (Å²) in [6.45, 7) is 6.22. The van der Waals surface area contributed by atoms with E-state index in [1.54, 1.807) is 17.0 Å². The molecule has 0 radical (unpaired) electrons. The van der Waals surface area contributed by atoms with Crippen molar-refractivity contribution in [3.63, 3.8) is 0 Å². The van der Waals surface area contributed by atoms with Crippen molar-refractivity contribution in [3.05, 3.63) is 35.6 Å². The van der Waals surface area contributed by atoms with Gasteiger partial charge in [0.25, 0.3) is 5.91 Å². The molecule has 1 fully saturated rings. The maximum atomic E-state index is 13.1. The van der Waals surface area contributed by atoms with Crippen molar-refractivity contribution in [1.82, 2.24) is 10.2 Å². The number of carbonyl (C=O) groups excluding carboxylic acids is 1. The van der Waals surface area contributed by atoms with Gasteiger partial charge in [0.2, 0.25) is 0 Å². The minimum absolute atomic E-state index is 0.101. The molecule has 1 aliphatic rings. The molecule has 1 aliphatic heterocycles. The van der Waals surface area contributed by atoms with Crippen molar-refractivity contribution >= 4 is 5.91 Å². The van der Waals surface area contributed by atoms with E-state index < -0.39 is 0 Å². The second-order valence-corrected chi connectivity index (χ2v) is 4.96. The Morgan fingerprint density at radius 2 is 2.24 bits per heavy atom. The standard InChI is InChI=1S/C13H17FN2O/c1-13(2)9-15-6-7-16(13)12(17)10-4-3-5-11(14)8-10/h3-5,8,15H,6-7,9H2,1-2H3. The van der Waals surface area contributed by atoms with Gasteiger partial charge < -0.3 is 10.2 Å². The number of nitrogens with one attached hydrogen (secondary N) is 1. The largest absolute Gasteiger partial charge is 0.331 e. The molecule has 2 rings (SSSR count). The highest BCUT2D eigenvalue weighted by Crippen LogP contribution is 2.19. The summed E-state index contributed by atoms with van der Waals surface area (Å²) in [5, 5.41) is 3.25. The van der Waals surface area contributed by atoms with Crippen LogP contribution in [0.4, 0.5) is 4.39 Å². The highest BCUT2D eigenvalue weighted by molar-refractivity contribution is 5.94. The summed E-state index contributed by atoms with van der Waals surface area (Å²) >= 11 is 0. The molecule has 1 amide bonds. The highest BCUT2D eigenvalue weighted by atomic mass is 19.1. The molecular weight excluding hydrogens is 219 g/mol. The minimum Gasteiger partial charge on any atom is -0.331 e. The quantitative estimate of drug-likeness (QED) is 0.804. The molecule has 4 heteroatoms. The summed E-state index contributed by atoms with van der Waals surface area (Å²) in [5.74, 6) is -0.472. The van der Waals surface area contributed by atoms with Crippen molar-refractivity contribution < 1.29 is 9.18 Å². The van der Waals surface area contributed by atoms with E-state index in [1.807, 2.05) is 13.8 Å². The van der Waals surface area contributed by atoms with Gasteiger partial charge in [-0.15, -0.1) is 0 Å². The number of hydrogen-bond acceptors (Lipinski definition) is 2. The Morgan fingerprint density at radius 1 is 1.47 bits per heavy atom. The van der Waals surface area contributed by atoms with Gasteiger partial charge in [-0.2, -0.15) is 0 Å². The number of carbonyl (C=O) groups is 1. The van der Waals surface area contributed by atoms with Crippen LogP contribution in [0.2, 0.25) is 0 Å². The Kier molecular flexibility index (Phi) is 3.15. The maximum absolute atomic E-state index is 13.1. The smallest absolute Gasteiger partial charge is 0.254 e. The van der Waals surface area contributed by atoms with E-state index in [0.29, 0.717) is 12.1 Å². The summed E-state index contributed by atoms with van der Waals surface area (Å²) in [7, 11) is 0. The Bertz CT molecular complexity index is 431. The first kappa shape index (κ1) is 12.0. The molecule has 0 aromatic heterocycles. The molecular formula is C13H17FN2O. The van der Waals surface area contributed by atoms with E-state index in [0.717, 1.165) is 13.1 Å². The minimum atomic E-state index is -0.371. The van der Waals surface area contributed by atoms with E-state index in [9.17, 15) is 9.18 Å². The van der Waals surface area contributed by atoms with E-state index in [4.69, 9.17) is 0 Å². The molecule has 3 nitrogen and oxygen atoms in total. The van der Waals surface area contributed by atoms with Crippen LogP contribution >= 0.6 is 0 Å². The molecule has 17 heavy (non-hydrogen) atoms. The third-order valence-corrected chi connectivity index (χ3v) is 3.12. The van der Waals surface area contributed by atoms with Crippen LogP contribution in [-0.4, -0.2) is 36.0 Å². The summed E-state index contributed by atoms with van der Waals surface area (Å²) in [5.41, 5.74) is 0.182. The van der Waals surface area contributed by atoms with Crippen molar-refractivity contribution in [1.29, 1.82) is 0 Å². The van der Waals surface area contributed by atoms with Gasteiger partial charge in [-0.1, -0.05) is 6.07 Å². The third-order valence-electron chi connectivity index (χ3n) is 3.12. The molecule has 92 valence electrons. The lowest BCUT2D eigenvalue weighted by atomic mass is 9.99. The second-order valence-electron chi connectivity index (χ2n) is 4.96. The fourth-order valence-electron chi connectivity index (χ4n) is 2.14. The van der Waals surface area contributed by atoms with E-state index >= 15 is 0 Å². The van der Waals surface area contributed by atoms with Crippen LogP contribution in [0.15, 0.2) is 24.3 Å². The molecule has 0 atom stereocenters. The molecule has 1 heterocycles. The Hall–Kier alpha value is -1.42. The highest BCUT2D eigenvalue weighted by Gasteiger charge is 2.33. The molecule has 0 saturated carbocycles. The van der Waals surface area contributed by atoms with Crippen molar-refractivity contribution in [3.8, 4) is 0 Å². The van der Waals surface area contributed by atoms with Crippen LogP contribution in [-0.2, 0) is 0 Å². The average molecular weight is 236 g/mol. The molecule has 0 spiro atoms. The molecule has 1 aromatic rings. The van der Waals surface area contributed by atoms with Gasteiger partial charge in [-0.25, -0.2) is 4.39 Å². The molecule has 0 bridgehead atoms. The molecule has 0 unspecified atom stereocenters. The number of piperazine rings is 1. The zero-order chi connectivity index (χ0) is 12.5. The van der Waals surface area contributed by atoms with Crippen molar-refractivity contribution in [2.45, 2.75) is 19.4 Å². The predicted molar refractivity (Wildman–Crippen MR) is 64.4 cm³/mol. The van der Waals surface area contributed by atoms with Crippen molar-refractivity contribution in [2.75, 3.05) is 19.6 Å². The number of hydrogen-bond donors (Lipinski definition) is 1. The van der Waals surface area contributed by atoms with E-state index in [2.05, 4.69) is 5.32 Å². The first-order chi connectivity index (χ1) is 8.00. The number of benzene rings is 1. The summed E-state index contributed by atoms with van der Waals surface area (Å²) in [4.78, 5) is 14.1. The molecule has 1 saturated heterocycles. The van der Waals surface area contributed by atoms with Crippen LogP contribution in [0.25, 0.3) is 0 Å². The number of halogens is 1. The summed E-state index contributed by atoms with van der Waals surface area (Å²) in [6, 6.07) is 5.86. The fourth-order valence-corrected chi connectivity index (χ4v) is 2.14. The topological polar surface area (TPSA) is 32.3 Å².